The molecule has 0 aromatic heterocycles. The van der Waals surface area contributed by atoms with Crippen LogP contribution in [0.15, 0.2) is 42.5 Å². The van der Waals surface area contributed by atoms with Crippen LogP contribution in [-0.4, -0.2) is 12.2 Å². The van der Waals surface area contributed by atoms with Gasteiger partial charge in [-0.2, -0.15) is 0 Å². The Hall–Kier alpha value is -1.58. The van der Waals surface area contributed by atoms with Crippen molar-refractivity contribution in [3.8, 4) is 5.75 Å². The number of methoxy groups -OCH3 is 1. The minimum absolute atomic E-state index is 0.0873. The van der Waals surface area contributed by atoms with Gasteiger partial charge in [0.1, 0.15) is 17.7 Å². The number of rotatable bonds is 3. The van der Waals surface area contributed by atoms with E-state index in [1.165, 1.54) is 12.1 Å². The van der Waals surface area contributed by atoms with E-state index in [0.29, 0.717) is 11.3 Å². The van der Waals surface area contributed by atoms with E-state index >= 15 is 0 Å². The van der Waals surface area contributed by atoms with E-state index < -0.39 is 11.9 Å². The van der Waals surface area contributed by atoms with Crippen LogP contribution in [0, 0.1) is 5.82 Å². The highest BCUT2D eigenvalue weighted by Crippen LogP contribution is 2.31. The fraction of sp³-hybridized carbons (Fsp3) is 0.143. The summed E-state index contributed by atoms with van der Waals surface area (Å²) in [6.07, 6.45) is -1.09. The zero-order valence-corrected chi connectivity index (χ0v) is 10.5. The van der Waals surface area contributed by atoms with Crippen molar-refractivity contribution in [1.82, 2.24) is 0 Å². The molecule has 0 radical (unpaired) electrons. The second-order valence-corrected chi connectivity index (χ2v) is 4.22. The van der Waals surface area contributed by atoms with Crippen LogP contribution in [-0.2, 0) is 0 Å². The maximum absolute atomic E-state index is 13.7. The second kappa shape index (κ2) is 5.38. The van der Waals surface area contributed by atoms with E-state index in [0.717, 1.165) is 0 Å². The number of aliphatic hydroxyl groups is 1. The van der Waals surface area contributed by atoms with Gasteiger partial charge >= 0.3 is 0 Å². The number of hydrogen-bond acceptors (Lipinski definition) is 2. The molecule has 2 aromatic rings. The number of hydrogen-bond donors (Lipinski definition) is 1. The van der Waals surface area contributed by atoms with E-state index in [4.69, 9.17) is 16.3 Å². The van der Waals surface area contributed by atoms with Gasteiger partial charge in [0.05, 0.1) is 7.11 Å². The highest BCUT2D eigenvalue weighted by atomic mass is 35.5. The Morgan fingerprint density at radius 3 is 2.39 bits per heavy atom. The van der Waals surface area contributed by atoms with E-state index in [9.17, 15) is 9.50 Å². The molecule has 0 saturated heterocycles. The van der Waals surface area contributed by atoms with Crippen molar-refractivity contribution >= 4 is 11.6 Å². The molecule has 0 fully saturated rings. The standard InChI is InChI=1S/C14H12ClFO2/c1-18-10-7-5-9(6-8-10)14(17)13-11(15)3-2-4-12(13)16/h2-8,14,17H,1H3. The van der Waals surface area contributed by atoms with Crippen LogP contribution in [0.4, 0.5) is 4.39 Å². The third-order valence-electron chi connectivity index (χ3n) is 2.70. The molecule has 0 amide bonds. The summed E-state index contributed by atoms with van der Waals surface area (Å²) in [7, 11) is 1.55. The van der Waals surface area contributed by atoms with Gasteiger partial charge in [-0.05, 0) is 29.8 Å². The molecule has 1 unspecified atom stereocenters. The van der Waals surface area contributed by atoms with Crippen molar-refractivity contribution in [3.05, 3.63) is 64.4 Å². The van der Waals surface area contributed by atoms with Gasteiger partial charge in [0.2, 0.25) is 0 Å². The molecule has 1 N–H and O–H groups in total. The maximum atomic E-state index is 13.7. The smallest absolute Gasteiger partial charge is 0.130 e. The third kappa shape index (κ3) is 2.47. The molecule has 0 saturated carbocycles. The van der Waals surface area contributed by atoms with Gasteiger partial charge in [-0.15, -0.1) is 0 Å². The van der Waals surface area contributed by atoms with Gasteiger partial charge in [-0.3, -0.25) is 0 Å². The molecule has 0 aliphatic carbocycles. The quantitative estimate of drug-likeness (QED) is 0.920. The highest BCUT2D eigenvalue weighted by Gasteiger charge is 2.18. The summed E-state index contributed by atoms with van der Waals surface area (Å²) in [6, 6.07) is 11.1. The summed E-state index contributed by atoms with van der Waals surface area (Å²) < 4.78 is 18.7. The maximum Gasteiger partial charge on any atom is 0.130 e. The van der Waals surface area contributed by atoms with Crippen molar-refractivity contribution in [2.24, 2.45) is 0 Å². The molecular formula is C14H12ClFO2. The molecule has 4 heteroatoms. The summed E-state index contributed by atoms with van der Waals surface area (Å²) in [4.78, 5) is 0. The van der Waals surface area contributed by atoms with Gasteiger partial charge in [-0.1, -0.05) is 29.8 Å². The highest BCUT2D eigenvalue weighted by molar-refractivity contribution is 6.31. The average Bonchev–Trinajstić information content (AvgIpc) is 2.38. The molecule has 2 rings (SSSR count). The first kappa shape index (κ1) is 12.9. The van der Waals surface area contributed by atoms with Crippen molar-refractivity contribution in [2.75, 3.05) is 7.11 Å². The topological polar surface area (TPSA) is 29.5 Å². The van der Waals surface area contributed by atoms with E-state index in [2.05, 4.69) is 0 Å². The Kier molecular flexibility index (Phi) is 3.84. The van der Waals surface area contributed by atoms with Gasteiger partial charge in [-0.25, -0.2) is 4.39 Å². The van der Waals surface area contributed by atoms with Crippen LogP contribution in [0.5, 0.6) is 5.75 Å². The largest absolute Gasteiger partial charge is 0.497 e. The fourth-order valence-corrected chi connectivity index (χ4v) is 1.99. The minimum atomic E-state index is -1.09. The SMILES string of the molecule is COc1ccc(C(O)c2c(F)cccc2Cl)cc1. The second-order valence-electron chi connectivity index (χ2n) is 3.81. The lowest BCUT2D eigenvalue weighted by Crippen LogP contribution is -2.03. The zero-order valence-electron chi connectivity index (χ0n) is 9.73. The molecule has 0 aliphatic heterocycles. The first-order valence-electron chi connectivity index (χ1n) is 5.39. The van der Waals surface area contributed by atoms with Crippen molar-refractivity contribution in [2.45, 2.75) is 6.10 Å². The van der Waals surface area contributed by atoms with Crippen LogP contribution in [0.1, 0.15) is 17.2 Å². The van der Waals surface area contributed by atoms with Gasteiger partial charge in [0.15, 0.2) is 0 Å². The summed E-state index contributed by atoms with van der Waals surface area (Å²) in [5.41, 5.74) is 0.645. The van der Waals surface area contributed by atoms with E-state index in [-0.39, 0.29) is 10.6 Å². The van der Waals surface area contributed by atoms with E-state index in [1.54, 1.807) is 37.4 Å². The molecule has 0 spiro atoms. The molecule has 94 valence electrons. The normalized spacial score (nSPS) is 12.2. The zero-order chi connectivity index (χ0) is 13.1. The molecule has 1 atom stereocenters. The van der Waals surface area contributed by atoms with Crippen LogP contribution in [0.25, 0.3) is 0 Å². The summed E-state index contributed by atoms with van der Waals surface area (Å²) in [5, 5.41) is 10.4. The Morgan fingerprint density at radius 2 is 1.83 bits per heavy atom. The molecule has 18 heavy (non-hydrogen) atoms. The minimum Gasteiger partial charge on any atom is -0.497 e. The number of aliphatic hydroxyl groups excluding tert-OH is 1. The van der Waals surface area contributed by atoms with E-state index in [1.807, 2.05) is 0 Å². The Bertz CT molecular complexity index is 520. The molecule has 2 aromatic carbocycles. The van der Waals surface area contributed by atoms with Gasteiger partial charge < -0.3 is 9.84 Å². The van der Waals surface area contributed by atoms with Gasteiger partial charge in [0, 0.05) is 10.6 Å². The Labute approximate surface area is 110 Å². The van der Waals surface area contributed by atoms with Crippen molar-refractivity contribution in [1.29, 1.82) is 0 Å². The van der Waals surface area contributed by atoms with Crippen LogP contribution in [0.3, 0.4) is 0 Å². The number of ether oxygens (including phenoxy) is 1. The predicted molar refractivity (Wildman–Crippen MR) is 68.5 cm³/mol. The molecule has 2 nitrogen and oxygen atoms in total. The lowest BCUT2D eigenvalue weighted by Gasteiger charge is -2.14. The lowest BCUT2D eigenvalue weighted by molar-refractivity contribution is 0.215. The van der Waals surface area contributed by atoms with Crippen LogP contribution in [0.2, 0.25) is 5.02 Å². The molecule has 0 heterocycles. The first-order chi connectivity index (χ1) is 8.63. The lowest BCUT2D eigenvalue weighted by atomic mass is 10.0. The molecule has 0 aliphatic rings. The molecule has 0 bridgehead atoms. The van der Waals surface area contributed by atoms with Gasteiger partial charge in [0.25, 0.3) is 0 Å². The van der Waals surface area contributed by atoms with Crippen molar-refractivity contribution in [3.63, 3.8) is 0 Å². The molecular weight excluding hydrogens is 255 g/mol. The number of halogens is 2. The summed E-state index contributed by atoms with van der Waals surface area (Å²) in [5.74, 6) is 0.149. The summed E-state index contributed by atoms with van der Waals surface area (Å²) >= 11 is 5.91. The van der Waals surface area contributed by atoms with Crippen LogP contribution >= 0.6 is 11.6 Å². The predicted octanol–water partition coefficient (Wildman–Crippen LogP) is 3.57. The Balaban J connectivity index is 2.38. The first-order valence-corrected chi connectivity index (χ1v) is 5.77. The fourth-order valence-electron chi connectivity index (χ4n) is 1.72. The van der Waals surface area contributed by atoms with Crippen molar-refractivity contribution < 1.29 is 14.2 Å². The average molecular weight is 267 g/mol. The van der Waals surface area contributed by atoms with Crippen LogP contribution < -0.4 is 4.74 Å². The Morgan fingerprint density at radius 1 is 1.17 bits per heavy atom. The monoisotopic (exact) mass is 266 g/mol. The summed E-state index contributed by atoms with van der Waals surface area (Å²) in [6.45, 7) is 0. The number of benzene rings is 2. The third-order valence-corrected chi connectivity index (χ3v) is 3.03.